The molecule has 0 unspecified atom stereocenters. The number of hydrogen-bond donors (Lipinski definition) is 2. The standard InChI is InChI=1S/C21H19N3O2S/c25-19(24-21-23-18(13-27-21)16-8-9-16)12-22-20(26)17-10-6-15(7-11-17)14-4-2-1-3-5-14/h1-7,10-11,13,16H,8-9,12H2,(H,22,26)(H,23,24,25). The van der Waals surface area contributed by atoms with Crippen LogP contribution < -0.4 is 10.6 Å². The molecule has 1 fully saturated rings. The summed E-state index contributed by atoms with van der Waals surface area (Å²) in [4.78, 5) is 28.7. The minimum absolute atomic E-state index is 0.0857. The molecule has 1 aliphatic carbocycles. The average Bonchev–Trinajstić information content (AvgIpc) is 3.46. The molecule has 2 aromatic carbocycles. The summed E-state index contributed by atoms with van der Waals surface area (Å²) in [6.45, 7) is -0.0857. The first-order valence-electron chi connectivity index (χ1n) is 8.88. The number of aromatic nitrogens is 1. The van der Waals surface area contributed by atoms with Gasteiger partial charge in [0.25, 0.3) is 5.91 Å². The van der Waals surface area contributed by atoms with Crippen molar-refractivity contribution < 1.29 is 9.59 Å². The van der Waals surface area contributed by atoms with Crippen molar-refractivity contribution in [3.8, 4) is 11.1 Å². The number of amides is 2. The van der Waals surface area contributed by atoms with Gasteiger partial charge in [0.05, 0.1) is 12.2 Å². The van der Waals surface area contributed by atoms with Crippen LogP contribution >= 0.6 is 11.3 Å². The third kappa shape index (κ3) is 4.41. The summed E-state index contributed by atoms with van der Waals surface area (Å²) >= 11 is 1.42. The fraction of sp³-hybridized carbons (Fsp3) is 0.190. The molecule has 5 nitrogen and oxygen atoms in total. The lowest BCUT2D eigenvalue weighted by Gasteiger charge is -2.06. The van der Waals surface area contributed by atoms with Gasteiger partial charge in [0.1, 0.15) is 0 Å². The molecule has 1 aromatic heterocycles. The number of hydrogen-bond acceptors (Lipinski definition) is 4. The van der Waals surface area contributed by atoms with Crippen molar-refractivity contribution in [2.24, 2.45) is 0 Å². The van der Waals surface area contributed by atoms with E-state index < -0.39 is 0 Å². The molecule has 136 valence electrons. The second-order valence-corrected chi connectivity index (χ2v) is 7.38. The van der Waals surface area contributed by atoms with E-state index in [1.807, 2.05) is 47.8 Å². The number of thiazole rings is 1. The monoisotopic (exact) mass is 377 g/mol. The maximum absolute atomic E-state index is 12.2. The minimum Gasteiger partial charge on any atom is -0.343 e. The highest BCUT2D eigenvalue weighted by molar-refractivity contribution is 7.13. The van der Waals surface area contributed by atoms with E-state index in [1.54, 1.807) is 12.1 Å². The van der Waals surface area contributed by atoms with Gasteiger partial charge in [0.15, 0.2) is 5.13 Å². The first-order chi connectivity index (χ1) is 13.2. The Morgan fingerprint density at radius 1 is 1.00 bits per heavy atom. The molecule has 2 N–H and O–H groups in total. The lowest BCUT2D eigenvalue weighted by molar-refractivity contribution is -0.115. The van der Waals surface area contributed by atoms with Crippen LogP contribution in [0, 0.1) is 0 Å². The van der Waals surface area contributed by atoms with Crippen LogP contribution in [-0.4, -0.2) is 23.3 Å². The molecule has 3 aromatic rings. The summed E-state index contributed by atoms with van der Waals surface area (Å²) in [5.41, 5.74) is 3.71. The van der Waals surface area contributed by atoms with E-state index in [9.17, 15) is 9.59 Å². The van der Waals surface area contributed by atoms with Crippen molar-refractivity contribution in [1.82, 2.24) is 10.3 Å². The van der Waals surface area contributed by atoms with E-state index in [1.165, 1.54) is 24.2 Å². The van der Waals surface area contributed by atoms with Crippen LogP contribution in [0.4, 0.5) is 5.13 Å². The Morgan fingerprint density at radius 3 is 2.41 bits per heavy atom. The number of rotatable bonds is 6. The molecule has 6 heteroatoms. The summed E-state index contributed by atoms with van der Waals surface area (Å²) in [5, 5.41) is 7.95. The number of nitrogens with one attached hydrogen (secondary N) is 2. The second kappa shape index (κ2) is 7.72. The van der Waals surface area contributed by atoms with Gasteiger partial charge in [-0.1, -0.05) is 42.5 Å². The lowest BCUT2D eigenvalue weighted by Crippen LogP contribution is -2.32. The Morgan fingerprint density at radius 2 is 1.70 bits per heavy atom. The van der Waals surface area contributed by atoms with Crippen LogP contribution in [0.1, 0.15) is 34.8 Å². The number of anilines is 1. The molecule has 0 aliphatic heterocycles. The van der Waals surface area contributed by atoms with Crippen LogP contribution in [0.5, 0.6) is 0 Å². The average molecular weight is 377 g/mol. The Bertz CT molecular complexity index is 947. The van der Waals surface area contributed by atoms with Crippen LogP contribution in [0.3, 0.4) is 0 Å². The topological polar surface area (TPSA) is 71.1 Å². The molecule has 1 heterocycles. The molecule has 0 saturated heterocycles. The molecule has 2 amide bonds. The highest BCUT2D eigenvalue weighted by atomic mass is 32.1. The zero-order valence-corrected chi connectivity index (χ0v) is 15.5. The highest BCUT2D eigenvalue weighted by Crippen LogP contribution is 2.40. The van der Waals surface area contributed by atoms with Crippen molar-refractivity contribution in [3.63, 3.8) is 0 Å². The third-order valence-corrected chi connectivity index (χ3v) is 5.20. The first-order valence-corrected chi connectivity index (χ1v) is 9.76. The van der Waals surface area contributed by atoms with Crippen molar-refractivity contribution in [3.05, 3.63) is 71.2 Å². The quantitative estimate of drug-likeness (QED) is 0.681. The Labute approximate surface area is 161 Å². The zero-order chi connectivity index (χ0) is 18.6. The zero-order valence-electron chi connectivity index (χ0n) is 14.6. The largest absolute Gasteiger partial charge is 0.343 e. The van der Waals surface area contributed by atoms with Crippen molar-refractivity contribution in [2.45, 2.75) is 18.8 Å². The maximum atomic E-state index is 12.2. The molecule has 0 atom stereocenters. The summed E-state index contributed by atoms with van der Waals surface area (Å²) in [6, 6.07) is 17.3. The minimum atomic E-state index is -0.277. The van der Waals surface area contributed by atoms with Crippen LogP contribution in [0.2, 0.25) is 0 Å². The predicted molar refractivity (Wildman–Crippen MR) is 107 cm³/mol. The van der Waals surface area contributed by atoms with Gasteiger partial charge < -0.3 is 10.6 Å². The van der Waals surface area contributed by atoms with Crippen LogP contribution in [0.15, 0.2) is 60.0 Å². The summed E-state index contributed by atoms with van der Waals surface area (Å²) in [5.74, 6) is 0.00832. The molecule has 0 radical (unpaired) electrons. The summed E-state index contributed by atoms with van der Waals surface area (Å²) in [6.07, 6.45) is 2.35. The Hall–Kier alpha value is -2.99. The van der Waals surface area contributed by atoms with E-state index in [0.29, 0.717) is 16.6 Å². The molecule has 0 bridgehead atoms. The lowest BCUT2D eigenvalue weighted by atomic mass is 10.0. The summed E-state index contributed by atoms with van der Waals surface area (Å²) in [7, 11) is 0. The van der Waals surface area contributed by atoms with Gasteiger partial charge in [0.2, 0.25) is 5.91 Å². The van der Waals surface area contributed by atoms with Crippen molar-refractivity contribution in [1.29, 1.82) is 0 Å². The predicted octanol–water partition coefficient (Wildman–Crippen LogP) is 4.06. The fourth-order valence-electron chi connectivity index (χ4n) is 2.78. The summed E-state index contributed by atoms with van der Waals surface area (Å²) < 4.78 is 0. The van der Waals surface area contributed by atoms with Gasteiger partial charge in [-0.2, -0.15) is 0 Å². The van der Waals surface area contributed by atoms with Gasteiger partial charge in [-0.25, -0.2) is 4.98 Å². The molecule has 4 rings (SSSR count). The number of carbonyl (C=O) groups excluding carboxylic acids is 2. The van der Waals surface area contributed by atoms with E-state index >= 15 is 0 Å². The van der Waals surface area contributed by atoms with Gasteiger partial charge in [0, 0.05) is 16.9 Å². The smallest absolute Gasteiger partial charge is 0.251 e. The number of carbonyl (C=O) groups is 2. The van der Waals surface area contributed by atoms with Gasteiger partial charge >= 0.3 is 0 Å². The second-order valence-electron chi connectivity index (χ2n) is 6.53. The fourth-order valence-corrected chi connectivity index (χ4v) is 3.59. The molecule has 0 spiro atoms. The number of benzene rings is 2. The van der Waals surface area contributed by atoms with E-state index in [4.69, 9.17) is 0 Å². The normalized spacial score (nSPS) is 13.2. The Balaban J connectivity index is 1.30. The first kappa shape index (κ1) is 17.4. The van der Waals surface area contributed by atoms with E-state index in [0.717, 1.165) is 16.8 Å². The molecule has 27 heavy (non-hydrogen) atoms. The van der Waals surface area contributed by atoms with Crippen LogP contribution in [0.25, 0.3) is 11.1 Å². The molecule has 1 aliphatic rings. The molecular weight excluding hydrogens is 358 g/mol. The van der Waals surface area contributed by atoms with Crippen molar-refractivity contribution >= 4 is 28.3 Å². The third-order valence-electron chi connectivity index (χ3n) is 4.43. The van der Waals surface area contributed by atoms with Gasteiger partial charge in [-0.15, -0.1) is 11.3 Å². The molecular formula is C21H19N3O2S. The maximum Gasteiger partial charge on any atom is 0.251 e. The van der Waals surface area contributed by atoms with E-state index in [2.05, 4.69) is 15.6 Å². The van der Waals surface area contributed by atoms with E-state index in [-0.39, 0.29) is 18.4 Å². The number of nitrogens with zero attached hydrogens (tertiary/aromatic N) is 1. The highest BCUT2D eigenvalue weighted by Gasteiger charge is 2.26. The SMILES string of the molecule is O=C(CNC(=O)c1ccc(-c2ccccc2)cc1)Nc1nc(C2CC2)cs1. The Kier molecular flexibility index (Phi) is 4.98. The van der Waals surface area contributed by atoms with Gasteiger partial charge in [-0.05, 0) is 36.1 Å². The van der Waals surface area contributed by atoms with Gasteiger partial charge in [-0.3, -0.25) is 9.59 Å². The van der Waals surface area contributed by atoms with Crippen molar-refractivity contribution in [2.75, 3.05) is 11.9 Å². The van der Waals surface area contributed by atoms with Crippen LogP contribution in [-0.2, 0) is 4.79 Å². The molecule has 1 saturated carbocycles.